The lowest BCUT2D eigenvalue weighted by atomic mass is 10.2. The largest absolute Gasteiger partial charge is 0.347 e. The molecule has 0 N–H and O–H groups in total. The quantitative estimate of drug-likeness (QED) is 0.686. The maximum absolute atomic E-state index is 11.7. The van der Waals surface area contributed by atoms with Gasteiger partial charge in [-0.2, -0.15) is 8.42 Å². The number of ether oxygens (including phenoxy) is 1. The monoisotopic (exact) mass is 228 g/mol. The zero-order valence-corrected chi connectivity index (χ0v) is 9.16. The van der Waals surface area contributed by atoms with Crippen molar-refractivity contribution in [2.45, 2.75) is 31.1 Å². The summed E-state index contributed by atoms with van der Waals surface area (Å²) in [7, 11) is -3.68. The molecule has 1 aromatic carbocycles. The van der Waals surface area contributed by atoms with Gasteiger partial charge in [0.1, 0.15) is 0 Å². The first-order valence-electron chi connectivity index (χ1n) is 4.75. The molecule has 0 saturated carbocycles. The zero-order chi connectivity index (χ0) is 10.9. The van der Waals surface area contributed by atoms with Gasteiger partial charge < -0.3 is 4.74 Å². The third-order valence-electron chi connectivity index (χ3n) is 2.22. The summed E-state index contributed by atoms with van der Waals surface area (Å²) in [5.74, 6) is 0. The molecule has 0 aliphatic carbocycles. The second-order valence-electron chi connectivity index (χ2n) is 3.34. The van der Waals surface area contributed by atoms with Crippen LogP contribution in [0.2, 0.25) is 0 Å². The van der Waals surface area contributed by atoms with Gasteiger partial charge in [0.2, 0.25) is 0 Å². The molecule has 1 atom stereocenters. The Labute approximate surface area is 88.9 Å². The first kappa shape index (κ1) is 10.6. The van der Waals surface area contributed by atoms with E-state index in [-0.39, 0.29) is 4.90 Å². The van der Waals surface area contributed by atoms with E-state index in [2.05, 4.69) is 0 Å². The molecule has 0 spiro atoms. The van der Waals surface area contributed by atoms with Gasteiger partial charge in [-0.15, -0.1) is 0 Å². The summed E-state index contributed by atoms with van der Waals surface area (Å²) in [6.07, 6.45) is -0.195. The van der Waals surface area contributed by atoms with Crippen LogP contribution in [-0.4, -0.2) is 14.7 Å². The Kier molecular flexibility index (Phi) is 2.77. The number of rotatable bonds is 1. The molecular weight excluding hydrogens is 216 g/mol. The van der Waals surface area contributed by atoms with E-state index in [1.807, 2.05) is 6.92 Å². The van der Waals surface area contributed by atoms with Gasteiger partial charge in [-0.05, 0) is 24.1 Å². The van der Waals surface area contributed by atoms with Crippen molar-refractivity contribution < 1.29 is 17.3 Å². The summed E-state index contributed by atoms with van der Waals surface area (Å²) in [4.78, 5) is 0.176. The Bertz CT molecular complexity index is 435. The van der Waals surface area contributed by atoms with Crippen molar-refractivity contribution in [2.24, 2.45) is 0 Å². The highest BCUT2D eigenvalue weighted by atomic mass is 32.2. The van der Waals surface area contributed by atoms with Crippen LogP contribution in [0.4, 0.5) is 0 Å². The predicted octanol–water partition coefficient (Wildman–Crippen LogP) is 1.66. The molecule has 1 aromatic rings. The van der Waals surface area contributed by atoms with Gasteiger partial charge in [-0.25, -0.2) is 4.18 Å². The molecule has 0 fully saturated rings. The van der Waals surface area contributed by atoms with Crippen molar-refractivity contribution in [3.05, 3.63) is 29.8 Å². The van der Waals surface area contributed by atoms with Crippen LogP contribution in [0.25, 0.3) is 0 Å². The molecule has 0 saturated heterocycles. The average molecular weight is 228 g/mol. The topological polar surface area (TPSA) is 52.6 Å². The normalized spacial score (nSPS) is 24.2. The van der Waals surface area contributed by atoms with Crippen LogP contribution >= 0.6 is 0 Å². The molecule has 3 rings (SSSR count). The van der Waals surface area contributed by atoms with Crippen molar-refractivity contribution >= 4 is 10.1 Å². The summed E-state index contributed by atoms with van der Waals surface area (Å²) in [5.41, 5.74) is 0.943. The summed E-state index contributed by atoms with van der Waals surface area (Å²) in [6, 6.07) is 6.53. The summed E-state index contributed by atoms with van der Waals surface area (Å²) in [5, 5.41) is 0. The average Bonchev–Trinajstić information content (AvgIpc) is 2.32. The molecule has 15 heavy (non-hydrogen) atoms. The molecule has 4 nitrogen and oxygen atoms in total. The Balaban J connectivity index is 2.43. The molecule has 1 unspecified atom stereocenters. The van der Waals surface area contributed by atoms with E-state index < -0.39 is 16.4 Å². The molecule has 5 heteroatoms. The molecule has 0 amide bonds. The fraction of sp³-hybridized carbons (Fsp3) is 0.400. The summed E-state index contributed by atoms with van der Waals surface area (Å²) >= 11 is 0. The fourth-order valence-electron chi connectivity index (χ4n) is 1.35. The highest BCUT2D eigenvalue weighted by Crippen LogP contribution is 2.20. The lowest BCUT2D eigenvalue weighted by Gasteiger charge is -2.14. The maximum Gasteiger partial charge on any atom is 0.299 e. The van der Waals surface area contributed by atoms with Crippen molar-refractivity contribution in [2.75, 3.05) is 0 Å². The first-order valence-corrected chi connectivity index (χ1v) is 6.16. The molecule has 2 aliphatic rings. The molecular formula is C10H12O4S. The SMILES string of the molecule is CCC1OCc2ccc(cc2)S(=O)(=O)O1. The standard InChI is InChI=1S/C10H12O4S/c1-2-10-13-7-8-3-5-9(6-4-8)15(11,12)14-10/h3-6,10H,2,7H2,1H3. The molecule has 82 valence electrons. The summed E-state index contributed by atoms with van der Waals surface area (Å²) < 4.78 is 33.6. The van der Waals surface area contributed by atoms with Crippen LogP contribution in [0, 0.1) is 0 Å². The fourth-order valence-corrected chi connectivity index (χ4v) is 2.41. The number of fused-ring (bicyclic) bond motifs is 6. The van der Waals surface area contributed by atoms with Crippen LogP contribution in [0.15, 0.2) is 29.2 Å². The van der Waals surface area contributed by atoms with Crippen LogP contribution < -0.4 is 0 Å². The summed E-state index contributed by atoms with van der Waals surface area (Å²) in [6.45, 7) is 2.18. The third kappa shape index (κ3) is 2.19. The van der Waals surface area contributed by atoms with E-state index in [0.29, 0.717) is 13.0 Å². The second-order valence-corrected chi connectivity index (χ2v) is 4.92. The highest BCUT2D eigenvalue weighted by molar-refractivity contribution is 7.86. The van der Waals surface area contributed by atoms with Gasteiger partial charge in [0.25, 0.3) is 10.1 Å². The van der Waals surface area contributed by atoms with Crippen LogP contribution in [0.3, 0.4) is 0 Å². The maximum atomic E-state index is 11.7. The zero-order valence-electron chi connectivity index (χ0n) is 8.34. The Morgan fingerprint density at radius 2 is 2.00 bits per heavy atom. The lowest BCUT2D eigenvalue weighted by molar-refractivity contribution is -0.0863. The van der Waals surface area contributed by atoms with Crippen LogP contribution in [0.5, 0.6) is 0 Å². The van der Waals surface area contributed by atoms with Crippen molar-refractivity contribution in [1.82, 2.24) is 0 Å². The van der Waals surface area contributed by atoms with E-state index in [0.717, 1.165) is 5.56 Å². The van der Waals surface area contributed by atoms with Crippen molar-refractivity contribution in [3.8, 4) is 0 Å². The Morgan fingerprint density at radius 3 is 2.60 bits per heavy atom. The minimum absolute atomic E-state index is 0.176. The van der Waals surface area contributed by atoms with E-state index in [4.69, 9.17) is 8.92 Å². The number of hydrogen-bond acceptors (Lipinski definition) is 4. The van der Waals surface area contributed by atoms with Crippen molar-refractivity contribution in [3.63, 3.8) is 0 Å². The minimum atomic E-state index is -3.68. The molecule has 0 radical (unpaired) electrons. The Morgan fingerprint density at radius 1 is 1.33 bits per heavy atom. The number of hydrogen-bond donors (Lipinski definition) is 0. The van der Waals surface area contributed by atoms with E-state index >= 15 is 0 Å². The van der Waals surface area contributed by atoms with Crippen LogP contribution in [-0.2, 0) is 25.6 Å². The van der Waals surface area contributed by atoms with Gasteiger partial charge in [0, 0.05) is 0 Å². The molecule has 0 aromatic heterocycles. The molecule has 2 aliphatic heterocycles. The minimum Gasteiger partial charge on any atom is -0.347 e. The third-order valence-corrected chi connectivity index (χ3v) is 3.53. The van der Waals surface area contributed by atoms with Crippen LogP contribution in [0.1, 0.15) is 18.9 Å². The lowest BCUT2D eigenvalue weighted by Crippen LogP contribution is -2.19. The smallest absolute Gasteiger partial charge is 0.299 e. The molecule has 2 bridgehead atoms. The predicted molar refractivity (Wildman–Crippen MR) is 53.6 cm³/mol. The molecule has 2 heterocycles. The van der Waals surface area contributed by atoms with Gasteiger partial charge in [-0.3, -0.25) is 0 Å². The van der Waals surface area contributed by atoms with E-state index in [1.54, 1.807) is 12.1 Å². The van der Waals surface area contributed by atoms with Gasteiger partial charge >= 0.3 is 0 Å². The second kappa shape index (κ2) is 3.92. The Hall–Kier alpha value is -0.910. The highest BCUT2D eigenvalue weighted by Gasteiger charge is 2.22. The number of benzene rings is 1. The van der Waals surface area contributed by atoms with Gasteiger partial charge in [0.05, 0.1) is 11.5 Å². The van der Waals surface area contributed by atoms with E-state index in [9.17, 15) is 8.42 Å². The first-order chi connectivity index (χ1) is 7.12. The van der Waals surface area contributed by atoms with Crippen molar-refractivity contribution in [1.29, 1.82) is 0 Å². The van der Waals surface area contributed by atoms with Gasteiger partial charge in [0.15, 0.2) is 6.29 Å². The van der Waals surface area contributed by atoms with E-state index in [1.165, 1.54) is 12.1 Å². The van der Waals surface area contributed by atoms with Gasteiger partial charge in [-0.1, -0.05) is 19.1 Å².